The second-order valence-electron chi connectivity index (χ2n) is 3.91. The van der Waals surface area contributed by atoms with E-state index in [0.29, 0.717) is 13.0 Å². The van der Waals surface area contributed by atoms with Gasteiger partial charge in [0.05, 0.1) is 6.10 Å². The minimum atomic E-state index is 0.105. The zero-order valence-electron chi connectivity index (χ0n) is 9.90. The predicted molar refractivity (Wildman–Crippen MR) is 64.6 cm³/mol. The molecule has 0 spiro atoms. The molecule has 2 N–H and O–H groups in total. The van der Waals surface area contributed by atoms with Gasteiger partial charge in [-0.15, -0.1) is 0 Å². The van der Waals surface area contributed by atoms with Gasteiger partial charge in [0, 0.05) is 19.1 Å². The lowest BCUT2D eigenvalue weighted by molar-refractivity contribution is 0.0985. The number of hydrogen-bond donors (Lipinski definition) is 1. The van der Waals surface area contributed by atoms with Crippen molar-refractivity contribution in [3.05, 3.63) is 35.4 Å². The van der Waals surface area contributed by atoms with Crippen LogP contribution >= 0.6 is 0 Å². The number of rotatable bonds is 6. The fraction of sp³-hybridized carbons (Fsp3) is 0.462. The van der Waals surface area contributed by atoms with E-state index in [9.17, 15) is 4.79 Å². The minimum Gasteiger partial charge on any atom is -0.381 e. The summed E-state index contributed by atoms with van der Waals surface area (Å²) in [5.74, 6) is 0.105. The van der Waals surface area contributed by atoms with Crippen molar-refractivity contribution in [2.75, 3.05) is 13.7 Å². The monoisotopic (exact) mass is 221 g/mol. The van der Waals surface area contributed by atoms with Crippen LogP contribution < -0.4 is 5.73 Å². The molecule has 1 unspecified atom stereocenters. The van der Waals surface area contributed by atoms with E-state index >= 15 is 0 Å². The summed E-state index contributed by atoms with van der Waals surface area (Å²) in [7, 11) is 1.70. The summed E-state index contributed by atoms with van der Waals surface area (Å²) in [6, 6.07) is 7.66. The summed E-state index contributed by atoms with van der Waals surface area (Å²) in [6.45, 7) is 2.43. The first-order valence-corrected chi connectivity index (χ1v) is 5.52. The number of nitrogens with two attached hydrogens (primary N) is 1. The average molecular weight is 221 g/mol. The highest BCUT2D eigenvalue weighted by Crippen LogP contribution is 2.09. The second-order valence-corrected chi connectivity index (χ2v) is 3.91. The molecule has 1 rings (SSSR count). The predicted octanol–water partition coefficient (Wildman–Crippen LogP) is 1.80. The van der Waals surface area contributed by atoms with Crippen LogP contribution in [0.1, 0.15) is 29.3 Å². The van der Waals surface area contributed by atoms with Gasteiger partial charge in [0.1, 0.15) is 0 Å². The van der Waals surface area contributed by atoms with Crippen molar-refractivity contribution in [1.29, 1.82) is 0 Å². The molecule has 1 aromatic rings. The topological polar surface area (TPSA) is 52.3 Å². The molecule has 0 aliphatic heterocycles. The SMILES string of the molecule is COC(C)Cc1ccc(C(=O)CCN)cc1. The van der Waals surface area contributed by atoms with Gasteiger partial charge < -0.3 is 10.5 Å². The van der Waals surface area contributed by atoms with E-state index in [-0.39, 0.29) is 11.9 Å². The molecule has 0 aromatic heterocycles. The maximum Gasteiger partial charge on any atom is 0.164 e. The lowest BCUT2D eigenvalue weighted by Crippen LogP contribution is -2.10. The number of Topliss-reactive ketones (excluding diaryl/α,β-unsaturated/α-hetero) is 1. The van der Waals surface area contributed by atoms with Crippen LogP contribution in [0.25, 0.3) is 0 Å². The van der Waals surface area contributed by atoms with Crippen LogP contribution in [-0.4, -0.2) is 25.5 Å². The highest BCUT2D eigenvalue weighted by Gasteiger charge is 2.05. The van der Waals surface area contributed by atoms with Crippen LogP contribution in [0, 0.1) is 0 Å². The zero-order chi connectivity index (χ0) is 12.0. The largest absolute Gasteiger partial charge is 0.381 e. The summed E-state index contributed by atoms with van der Waals surface area (Å²) < 4.78 is 5.19. The van der Waals surface area contributed by atoms with E-state index in [1.54, 1.807) is 7.11 Å². The molecule has 0 aliphatic carbocycles. The number of ketones is 1. The second kappa shape index (κ2) is 6.40. The van der Waals surface area contributed by atoms with Crippen LogP contribution in [-0.2, 0) is 11.2 Å². The van der Waals surface area contributed by atoms with Crippen LogP contribution in [0.4, 0.5) is 0 Å². The standard InChI is InChI=1S/C13H19NO2/c1-10(16-2)9-11-3-5-12(6-4-11)13(15)7-8-14/h3-6,10H,7-9,14H2,1-2H3. The fourth-order valence-electron chi connectivity index (χ4n) is 1.52. The van der Waals surface area contributed by atoms with Crippen LogP contribution in [0.15, 0.2) is 24.3 Å². The Balaban J connectivity index is 2.64. The number of carbonyl (C=O) groups is 1. The van der Waals surface area contributed by atoms with Crippen LogP contribution in [0.5, 0.6) is 0 Å². The number of ether oxygens (including phenoxy) is 1. The molecule has 0 saturated heterocycles. The van der Waals surface area contributed by atoms with E-state index in [1.807, 2.05) is 31.2 Å². The molecular weight excluding hydrogens is 202 g/mol. The number of methoxy groups -OCH3 is 1. The Morgan fingerprint density at radius 2 is 2.00 bits per heavy atom. The van der Waals surface area contributed by atoms with Gasteiger partial charge in [0.2, 0.25) is 0 Å². The molecule has 0 bridgehead atoms. The van der Waals surface area contributed by atoms with Crippen molar-refractivity contribution in [2.24, 2.45) is 5.73 Å². The Bertz CT molecular complexity index is 332. The number of hydrogen-bond acceptors (Lipinski definition) is 3. The van der Waals surface area contributed by atoms with Crippen molar-refractivity contribution in [3.8, 4) is 0 Å². The van der Waals surface area contributed by atoms with Gasteiger partial charge in [-0.1, -0.05) is 24.3 Å². The molecule has 0 radical (unpaired) electrons. The van der Waals surface area contributed by atoms with E-state index < -0.39 is 0 Å². The maximum absolute atomic E-state index is 11.5. The molecule has 1 aromatic carbocycles. The Morgan fingerprint density at radius 3 is 2.50 bits per heavy atom. The van der Waals surface area contributed by atoms with Gasteiger partial charge in [-0.25, -0.2) is 0 Å². The lowest BCUT2D eigenvalue weighted by atomic mass is 10.0. The van der Waals surface area contributed by atoms with Crippen molar-refractivity contribution >= 4 is 5.78 Å². The summed E-state index contributed by atoms with van der Waals surface area (Å²) >= 11 is 0. The first kappa shape index (κ1) is 12.9. The van der Waals surface area contributed by atoms with Gasteiger partial charge >= 0.3 is 0 Å². The van der Waals surface area contributed by atoms with Gasteiger partial charge in [-0.3, -0.25) is 4.79 Å². The quantitative estimate of drug-likeness (QED) is 0.745. The zero-order valence-corrected chi connectivity index (χ0v) is 9.90. The summed E-state index contributed by atoms with van der Waals surface area (Å²) in [5, 5.41) is 0. The summed E-state index contributed by atoms with van der Waals surface area (Å²) in [5.41, 5.74) is 7.26. The smallest absolute Gasteiger partial charge is 0.164 e. The molecule has 0 amide bonds. The third-order valence-corrected chi connectivity index (χ3v) is 2.57. The molecule has 0 fully saturated rings. The van der Waals surface area contributed by atoms with Gasteiger partial charge in [0.15, 0.2) is 5.78 Å². The Labute approximate surface area is 96.6 Å². The molecule has 1 atom stereocenters. The van der Waals surface area contributed by atoms with Gasteiger partial charge in [-0.2, -0.15) is 0 Å². The molecule has 0 saturated carbocycles. The lowest BCUT2D eigenvalue weighted by Gasteiger charge is -2.09. The third kappa shape index (κ3) is 3.76. The first-order chi connectivity index (χ1) is 7.67. The normalized spacial score (nSPS) is 12.4. The number of benzene rings is 1. The van der Waals surface area contributed by atoms with Gasteiger partial charge in [0.25, 0.3) is 0 Å². The van der Waals surface area contributed by atoms with Crippen molar-refractivity contribution in [2.45, 2.75) is 25.9 Å². The average Bonchev–Trinajstić information content (AvgIpc) is 2.30. The molecule has 0 aliphatic rings. The van der Waals surface area contributed by atoms with E-state index in [0.717, 1.165) is 12.0 Å². The van der Waals surface area contributed by atoms with E-state index in [4.69, 9.17) is 10.5 Å². The van der Waals surface area contributed by atoms with Crippen molar-refractivity contribution in [1.82, 2.24) is 0 Å². The van der Waals surface area contributed by atoms with Crippen molar-refractivity contribution in [3.63, 3.8) is 0 Å². The molecule has 0 heterocycles. The van der Waals surface area contributed by atoms with Crippen LogP contribution in [0.3, 0.4) is 0 Å². The molecule has 88 valence electrons. The fourth-order valence-corrected chi connectivity index (χ4v) is 1.52. The minimum absolute atomic E-state index is 0.105. The van der Waals surface area contributed by atoms with Gasteiger partial charge in [-0.05, 0) is 25.5 Å². The highest BCUT2D eigenvalue weighted by atomic mass is 16.5. The molecular formula is C13H19NO2. The molecule has 3 nitrogen and oxygen atoms in total. The van der Waals surface area contributed by atoms with E-state index in [1.165, 1.54) is 5.56 Å². The maximum atomic E-state index is 11.5. The number of carbonyl (C=O) groups excluding carboxylic acids is 1. The third-order valence-electron chi connectivity index (χ3n) is 2.57. The highest BCUT2D eigenvalue weighted by molar-refractivity contribution is 5.96. The Hall–Kier alpha value is -1.19. The first-order valence-electron chi connectivity index (χ1n) is 5.52. The molecule has 3 heteroatoms. The summed E-state index contributed by atoms with van der Waals surface area (Å²) in [6.07, 6.45) is 1.47. The molecule has 16 heavy (non-hydrogen) atoms. The Morgan fingerprint density at radius 1 is 1.38 bits per heavy atom. The van der Waals surface area contributed by atoms with Crippen LogP contribution in [0.2, 0.25) is 0 Å². The Kier molecular flexibility index (Phi) is 5.15. The summed E-state index contributed by atoms with van der Waals surface area (Å²) in [4.78, 5) is 11.5. The van der Waals surface area contributed by atoms with E-state index in [2.05, 4.69) is 0 Å². The van der Waals surface area contributed by atoms with Crippen molar-refractivity contribution < 1.29 is 9.53 Å².